The fourth-order valence-electron chi connectivity index (χ4n) is 2.09. The molecule has 0 bridgehead atoms. The summed E-state index contributed by atoms with van der Waals surface area (Å²) in [6, 6.07) is 3.53. The van der Waals surface area contributed by atoms with Gasteiger partial charge in [0, 0.05) is 6.54 Å². The summed E-state index contributed by atoms with van der Waals surface area (Å²) in [5.74, 6) is -0.401. The van der Waals surface area contributed by atoms with Crippen molar-refractivity contribution in [2.24, 2.45) is 5.41 Å². The van der Waals surface area contributed by atoms with Crippen LogP contribution >= 0.6 is 15.9 Å². The molecule has 1 aliphatic carbocycles. The lowest BCUT2D eigenvalue weighted by molar-refractivity contribution is -0.149. The van der Waals surface area contributed by atoms with Crippen LogP contribution in [-0.2, 0) is 16.1 Å². The zero-order valence-corrected chi connectivity index (χ0v) is 13.3. The molecule has 0 saturated heterocycles. The first-order valence-electron chi connectivity index (χ1n) is 6.36. The minimum absolute atomic E-state index is 0.229. The number of halogens is 1. The summed E-state index contributed by atoms with van der Waals surface area (Å²) in [5.41, 5.74) is -0.442. The van der Waals surface area contributed by atoms with Gasteiger partial charge >= 0.3 is 5.97 Å². The lowest BCUT2D eigenvalue weighted by Crippen LogP contribution is -2.36. The molecule has 0 spiro atoms. The summed E-state index contributed by atoms with van der Waals surface area (Å²) < 4.78 is 11.1. The Balaban J connectivity index is 2.09. The van der Waals surface area contributed by atoms with E-state index in [2.05, 4.69) is 21.2 Å². The van der Waals surface area contributed by atoms with Crippen LogP contribution in [0.3, 0.4) is 0 Å². The standard InChI is InChI=1S/C14H16BrNO5/c1-20-10-6-8(5-9(15)11(10)21-2)7-16-12(17)14(3-4-14)13(18)19/h5-6H,3-4,7H2,1-2H3,(H,16,17)(H,18,19). The Morgan fingerprint density at radius 3 is 2.48 bits per heavy atom. The molecule has 1 aromatic rings. The van der Waals surface area contributed by atoms with Gasteiger partial charge in [0.05, 0.1) is 18.7 Å². The van der Waals surface area contributed by atoms with E-state index in [0.717, 1.165) is 5.56 Å². The van der Waals surface area contributed by atoms with Crippen molar-refractivity contribution >= 4 is 27.8 Å². The molecule has 0 radical (unpaired) electrons. The summed E-state index contributed by atoms with van der Waals surface area (Å²) in [6.45, 7) is 0.229. The van der Waals surface area contributed by atoms with E-state index >= 15 is 0 Å². The maximum absolute atomic E-state index is 11.9. The molecule has 2 rings (SSSR count). The van der Waals surface area contributed by atoms with Gasteiger partial charge in [-0.2, -0.15) is 0 Å². The topological polar surface area (TPSA) is 84.9 Å². The van der Waals surface area contributed by atoms with E-state index in [1.54, 1.807) is 12.1 Å². The zero-order chi connectivity index (χ0) is 15.6. The van der Waals surface area contributed by atoms with Crippen molar-refractivity contribution in [1.29, 1.82) is 0 Å². The van der Waals surface area contributed by atoms with E-state index in [1.807, 2.05) is 0 Å². The van der Waals surface area contributed by atoms with Crippen LogP contribution in [0.4, 0.5) is 0 Å². The van der Waals surface area contributed by atoms with Gasteiger partial charge in [-0.3, -0.25) is 9.59 Å². The average molecular weight is 358 g/mol. The van der Waals surface area contributed by atoms with Gasteiger partial charge in [-0.25, -0.2) is 0 Å². The van der Waals surface area contributed by atoms with E-state index in [4.69, 9.17) is 14.6 Å². The third-order valence-electron chi connectivity index (χ3n) is 3.54. The number of nitrogens with one attached hydrogen (secondary N) is 1. The number of hydrogen-bond donors (Lipinski definition) is 2. The number of carboxylic acid groups (broad SMARTS) is 1. The van der Waals surface area contributed by atoms with E-state index < -0.39 is 17.3 Å². The number of methoxy groups -OCH3 is 2. The van der Waals surface area contributed by atoms with Crippen molar-refractivity contribution < 1.29 is 24.2 Å². The molecule has 0 atom stereocenters. The molecular weight excluding hydrogens is 342 g/mol. The van der Waals surface area contributed by atoms with Gasteiger partial charge in [0.2, 0.25) is 5.91 Å². The molecule has 0 aromatic heterocycles. The molecule has 2 N–H and O–H groups in total. The summed E-state index contributed by atoms with van der Waals surface area (Å²) in [4.78, 5) is 23.0. The predicted octanol–water partition coefficient (Wildman–Crippen LogP) is 1.95. The normalized spacial score (nSPS) is 15.2. The Bertz CT molecular complexity index is 583. The van der Waals surface area contributed by atoms with E-state index in [9.17, 15) is 9.59 Å². The molecule has 1 fully saturated rings. The summed E-state index contributed by atoms with van der Waals surface area (Å²) >= 11 is 3.37. The van der Waals surface area contributed by atoms with Gasteiger partial charge < -0.3 is 19.9 Å². The Kier molecular flexibility index (Phi) is 4.41. The minimum Gasteiger partial charge on any atom is -0.493 e. The second-order valence-electron chi connectivity index (χ2n) is 4.88. The van der Waals surface area contributed by atoms with Crippen LogP contribution in [0, 0.1) is 5.41 Å². The molecule has 21 heavy (non-hydrogen) atoms. The third-order valence-corrected chi connectivity index (χ3v) is 4.13. The molecule has 1 amide bonds. The van der Waals surface area contributed by atoms with Crippen LogP contribution in [0.25, 0.3) is 0 Å². The highest BCUT2D eigenvalue weighted by Crippen LogP contribution is 2.46. The van der Waals surface area contributed by atoms with Crippen LogP contribution in [0.15, 0.2) is 16.6 Å². The number of aliphatic carboxylic acids is 1. The van der Waals surface area contributed by atoms with Crippen molar-refractivity contribution in [1.82, 2.24) is 5.32 Å². The van der Waals surface area contributed by atoms with Gasteiger partial charge in [0.25, 0.3) is 0 Å². The van der Waals surface area contributed by atoms with Crippen LogP contribution in [0.1, 0.15) is 18.4 Å². The van der Waals surface area contributed by atoms with Gasteiger partial charge in [-0.15, -0.1) is 0 Å². The highest BCUT2D eigenvalue weighted by atomic mass is 79.9. The number of benzene rings is 1. The quantitative estimate of drug-likeness (QED) is 0.760. The molecule has 1 aliphatic rings. The highest BCUT2D eigenvalue weighted by Gasteiger charge is 2.56. The van der Waals surface area contributed by atoms with Crippen molar-refractivity contribution in [3.63, 3.8) is 0 Å². The third kappa shape index (κ3) is 2.97. The monoisotopic (exact) mass is 357 g/mol. The van der Waals surface area contributed by atoms with Crippen LogP contribution in [-0.4, -0.2) is 31.2 Å². The number of carbonyl (C=O) groups is 2. The fraction of sp³-hybridized carbons (Fsp3) is 0.429. The molecule has 0 heterocycles. The highest BCUT2D eigenvalue weighted by molar-refractivity contribution is 9.10. The molecule has 1 aromatic carbocycles. The lowest BCUT2D eigenvalue weighted by Gasteiger charge is -2.14. The number of carboxylic acids is 1. The molecule has 114 valence electrons. The summed E-state index contributed by atoms with van der Waals surface area (Å²) in [7, 11) is 3.06. The number of rotatable bonds is 6. The summed E-state index contributed by atoms with van der Waals surface area (Å²) in [6.07, 6.45) is 0.785. The molecule has 0 unspecified atom stereocenters. The molecule has 6 nitrogen and oxygen atoms in total. The van der Waals surface area contributed by atoms with Gasteiger partial charge in [-0.05, 0) is 46.5 Å². The van der Waals surface area contributed by atoms with Crippen LogP contribution < -0.4 is 14.8 Å². The second-order valence-corrected chi connectivity index (χ2v) is 5.74. The molecule has 1 saturated carbocycles. The Morgan fingerprint density at radius 2 is 2.00 bits per heavy atom. The molecule has 0 aliphatic heterocycles. The minimum atomic E-state index is -1.23. The first-order chi connectivity index (χ1) is 9.94. The average Bonchev–Trinajstić information content (AvgIpc) is 3.25. The first-order valence-corrected chi connectivity index (χ1v) is 7.16. The van der Waals surface area contributed by atoms with E-state index in [-0.39, 0.29) is 6.54 Å². The molecular formula is C14H16BrNO5. The smallest absolute Gasteiger partial charge is 0.319 e. The maximum atomic E-state index is 11.9. The van der Waals surface area contributed by atoms with Gasteiger partial charge in [-0.1, -0.05) is 0 Å². The Morgan fingerprint density at radius 1 is 1.33 bits per heavy atom. The van der Waals surface area contributed by atoms with E-state index in [1.165, 1.54) is 14.2 Å². The fourth-order valence-corrected chi connectivity index (χ4v) is 2.74. The van der Waals surface area contributed by atoms with Crippen LogP contribution in [0.2, 0.25) is 0 Å². The predicted molar refractivity (Wildman–Crippen MR) is 78.4 cm³/mol. The van der Waals surface area contributed by atoms with Crippen molar-refractivity contribution in [2.75, 3.05) is 14.2 Å². The Labute approximate surface area is 130 Å². The summed E-state index contributed by atoms with van der Waals surface area (Å²) in [5, 5.41) is 11.7. The van der Waals surface area contributed by atoms with Crippen molar-refractivity contribution in [3.8, 4) is 11.5 Å². The number of hydrogen-bond acceptors (Lipinski definition) is 4. The first kappa shape index (κ1) is 15.6. The maximum Gasteiger partial charge on any atom is 0.319 e. The molecule has 7 heteroatoms. The van der Waals surface area contributed by atoms with Crippen molar-refractivity contribution in [3.05, 3.63) is 22.2 Å². The second kappa shape index (κ2) is 5.93. The van der Waals surface area contributed by atoms with Crippen LogP contribution in [0.5, 0.6) is 11.5 Å². The van der Waals surface area contributed by atoms with Crippen molar-refractivity contribution in [2.45, 2.75) is 19.4 Å². The van der Waals surface area contributed by atoms with Gasteiger partial charge in [0.1, 0.15) is 5.41 Å². The van der Waals surface area contributed by atoms with E-state index in [0.29, 0.717) is 28.8 Å². The lowest BCUT2D eigenvalue weighted by atomic mass is 10.1. The largest absolute Gasteiger partial charge is 0.493 e. The number of ether oxygens (including phenoxy) is 2. The number of amides is 1. The SMILES string of the molecule is COc1cc(CNC(=O)C2(C(=O)O)CC2)cc(Br)c1OC. The van der Waals surface area contributed by atoms with Gasteiger partial charge in [0.15, 0.2) is 11.5 Å². The zero-order valence-electron chi connectivity index (χ0n) is 11.7. The number of carbonyl (C=O) groups excluding carboxylic acids is 1. The Hall–Kier alpha value is -1.76.